The molecule has 1 aliphatic heterocycles. The lowest BCUT2D eigenvalue weighted by atomic mass is 9.71. The minimum atomic E-state index is -0.355. The fraction of sp³-hybridized carbons (Fsp3) is 0.833. The molecule has 4 rings (SSSR count). The Bertz CT molecular complexity index is 543. The normalized spacial score (nSPS) is 35.9. The number of rotatable bonds is 2. The molecule has 3 aliphatic rings. The Balaban J connectivity index is 1.42. The van der Waals surface area contributed by atoms with E-state index in [1.807, 2.05) is 11.3 Å². The van der Waals surface area contributed by atoms with Gasteiger partial charge in [-0.1, -0.05) is 19.8 Å². The Kier molecular flexibility index (Phi) is 4.04. The van der Waals surface area contributed by atoms with Crippen LogP contribution in [0.4, 0.5) is 0 Å². The molecular formula is C18H28N2OS. The van der Waals surface area contributed by atoms with Crippen LogP contribution in [0.1, 0.15) is 61.0 Å². The molecular weight excluding hydrogens is 292 g/mol. The summed E-state index contributed by atoms with van der Waals surface area (Å²) >= 11 is 1.95. The van der Waals surface area contributed by atoms with Crippen molar-refractivity contribution < 1.29 is 5.11 Å². The van der Waals surface area contributed by atoms with Gasteiger partial charge >= 0.3 is 0 Å². The van der Waals surface area contributed by atoms with Crippen LogP contribution in [-0.4, -0.2) is 33.7 Å². The van der Waals surface area contributed by atoms with Gasteiger partial charge in [-0.15, -0.1) is 11.3 Å². The number of aryl methyl sites for hydroxylation is 1. The van der Waals surface area contributed by atoms with Crippen LogP contribution < -0.4 is 0 Å². The van der Waals surface area contributed by atoms with Crippen LogP contribution in [0.2, 0.25) is 0 Å². The second-order valence-corrected chi connectivity index (χ2v) is 9.03. The summed E-state index contributed by atoms with van der Waals surface area (Å²) in [5.41, 5.74) is 1.02. The number of fused-ring (bicyclic) bond motifs is 2. The highest BCUT2D eigenvalue weighted by atomic mass is 32.1. The molecule has 0 aromatic carbocycles. The summed E-state index contributed by atoms with van der Waals surface area (Å²) in [6, 6.07) is 0. The predicted molar refractivity (Wildman–Crippen MR) is 90.1 cm³/mol. The van der Waals surface area contributed by atoms with Gasteiger partial charge in [0.2, 0.25) is 0 Å². The number of piperidine rings is 1. The van der Waals surface area contributed by atoms with Gasteiger partial charge in [0, 0.05) is 23.9 Å². The van der Waals surface area contributed by atoms with Crippen molar-refractivity contribution in [2.45, 2.75) is 70.4 Å². The van der Waals surface area contributed by atoms with E-state index in [4.69, 9.17) is 4.98 Å². The molecule has 1 saturated heterocycles. The summed E-state index contributed by atoms with van der Waals surface area (Å²) in [5.74, 6) is 1.32. The fourth-order valence-electron chi connectivity index (χ4n) is 4.64. The lowest BCUT2D eigenvalue weighted by Gasteiger charge is -2.47. The highest BCUT2D eigenvalue weighted by molar-refractivity contribution is 7.11. The lowest BCUT2D eigenvalue weighted by molar-refractivity contribution is -0.0967. The molecule has 1 aromatic rings. The molecule has 1 aromatic heterocycles. The Morgan fingerprint density at radius 1 is 1.32 bits per heavy atom. The highest BCUT2D eigenvalue weighted by Gasteiger charge is 2.42. The average Bonchev–Trinajstić information content (AvgIpc) is 2.89. The molecule has 1 saturated carbocycles. The summed E-state index contributed by atoms with van der Waals surface area (Å²) < 4.78 is 0. The summed E-state index contributed by atoms with van der Waals surface area (Å²) in [6.07, 6.45) is 9.40. The Hall–Kier alpha value is -0.450. The van der Waals surface area contributed by atoms with Crippen molar-refractivity contribution in [3.05, 3.63) is 15.6 Å². The number of nitrogens with zero attached hydrogens (tertiary/aromatic N) is 2. The van der Waals surface area contributed by atoms with Crippen LogP contribution in [0.5, 0.6) is 0 Å². The monoisotopic (exact) mass is 320 g/mol. The molecule has 0 bridgehead atoms. The second kappa shape index (κ2) is 5.88. The summed E-state index contributed by atoms with van der Waals surface area (Å²) in [6.45, 7) is 5.46. The third-order valence-electron chi connectivity index (χ3n) is 6.10. The molecule has 4 heteroatoms. The zero-order valence-corrected chi connectivity index (χ0v) is 14.5. The Labute approximate surface area is 137 Å². The molecule has 2 heterocycles. The van der Waals surface area contributed by atoms with Crippen LogP contribution in [0, 0.1) is 11.8 Å². The van der Waals surface area contributed by atoms with Gasteiger partial charge in [-0.2, -0.15) is 0 Å². The van der Waals surface area contributed by atoms with Gasteiger partial charge in [0.05, 0.1) is 17.8 Å². The molecule has 3 nitrogen and oxygen atoms in total. The standard InChI is InChI=1S/C18H28N2OS/c1-13-5-6-15-16(10-13)22-17(19-15)12-20-9-8-18(21)7-3-2-4-14(18)11-20/h13-14,21H,2-12H2,1H3. The van der Waals surface area contributed by atoms with E-state index in [1.165, 1.54) is 49.2 Å². The van der Waals surface area contributed by atoms with Crippen molar-refractivity contribution in [3.63, 3.8) is 0 Å². The van der Waals surface area contributed by atoms with Gasteiger partial charge in [-0.25, -0.2) is 4.98 Å². The quantitative estimate of drug-likeness (QED) is 0.907. The number of likely N-dealkylation sites (tertiary alicyclic amines) is 1. The molecule has 1 N–H and O–H groups in total. The zero-order valence-electron chi connectivity index (χ0n) is 13.7. The van der Waals surface area contributed by atoms with Crippen LogP contribution >= 0.6 is 11.3 Å². The maximum absolute atomic E-state index is 10.8. The highest BCUT2D eigenvalue weighted by Crippen LogP contribution is 2.40. The summed E-state index contributed by atoms with van der Waals surface area (Å²) in [5, 5.41) is 12.1. The van der Waals surface area contributed by atoms with Gasteiger partial charge < -0.3 is 5.11 Å². The first-order valence-electron chi connectivity index (χ1n) is 9.04. The lowest BCUT2D eigenvalue weighted by Crippen LogP contribution is -2.52. The van der Waals surface area contributed by atoms with Crippen molar-refractivity contribution in [2.24, 2.45) is 11.8 Å². The van der Waals surface area contributed by atoms with E-state index in [2.05, 4.69) is 11.8 Å². The number of aromatic nitrogens is 1. The van der Waals surface area contributed by atoms with Gasteiger partial charge in [-0.3, -0.25) is 4.90 Å². The molecule has 3 unspecified atom stereocenters. The van der Waals surface area contributed by atoms with E-state index >= 15 is 0 Å². The second-order valence-electron chi connectivity index (χ2n) is 7.86. The maximum Gasteiger partial charge on any atom is 0.107 e. The van der Waals surface area contributed by atoms with Crippen molar-refractivity contribution >= 4 is 11.3 Å². The third kappa shape index (κ3) is 2.85. The minimum Gasteiger partial charge on any atom is -0.390 e. The largest absolute Gasteiger partial charge is 0.390 e. The molecule has 0 spiro atoms. The first-order valence-corrected chi connectivity index (χ1v) is 9.86. The van der Waals surface area contributed by atoms with E-state index in [9.17, 15) is 5.11 Å². The molecule has 2 aliphatic carbocycles. The SMILES string of the molecule is CC1CCc2nc(CN3CCC4(O)CCCCC4C3)sc2C1. The van der Waals surface area contributed by atoms with Crippen molar-refractivity contribution in [3.8, 4) is 0 Å². The van der Waals surface area contributed by atoms with Crippen molar-refractivity contribution in [1.29, 1.82) is 0 Å². The minimum absolute atomic E-state index is 0.355. The van der Waals surface area contributed by atoms with Crippen LogP contribution in [0.25, 0.3) is 0 Å². The molecule has 2 fully saturated rings. The summed E-state index contributed by atoms with van der Waals surface area (Å²) in [7, 11) is 0. The van der Waals surface area contributed by atoms with E-state index in [-0.39, 0.29) is 5.60 Å². The molecule has 3 atom stereocenters. The van der Waals surface area contributed by atoms with Gasteiger partial charge in [0.15, 0.2) is 0 Å². The van der Waals surface area contributed by atoms with Crippen LogP contribution in [0.3, 0.4) is 0 Å². The topological polar surface area (TPSA) is 36.4 Å². The van der Waals surface area contributed by atoms with E-state index in [1.54, 1.807) is 4.88 Å². The predicted octanol–water partition coefficient (Wildman–Crippen LogP) is 3.39. The van der Waals surface area contributed by atoms with E-state index < -0.39 is 0 Å². The van der Waals surface area contributed by atoms with Crippen molar-refractivity contribution in [2.75, 3.05) is 13.1 Å². The van der Waals surface area contributed by atoms with E-state index in [0.717, 1.165) is 38.4 Å². The molecule has 0 radical (unpaired) electrons. The van der Waals surface area contributed by atoms with Crippen molar-refractivity contribution in [1.82, 2.24) is 9.88 Å². The van der Waals surface area contributed by atoms with Gasteiger partial charge in [-0.05, 0) is 44.4 Å². The number of thiazole rings is 1. The van der Waals surface area contributed by atoms with Crippen LogP contribution in [0.15, 0.2) is 0 Å². The number of hydrogen-bond donors (Lipinski definition) is 1. The number of hydrogen-bond acceptors (Lipinski definition) is 4. The first-order chi connectivity index (χ1) is 10.6. The fourth-order valence-corrected chi connectivity index (χ4v) is 5.96. The summed E-state index contributed by atoms with van der Waals surface area (Å²) in [4.78, 5) is 9.00. The third-order valence-corrected chi connectivity index (χ3v) is 7.21. The van der Waals surface area contributed by atoms with Gasteiger partial charge in [0.1, 0.15) is 5.01 Å². The zero-order chi connectivity index (χ0) is 15.2. The Morgan fingerprint density at radius 3 is 3.14 bits per heavy atom. The molecule has 22 heavy (non-hydrogen) atoms. The maximum atomic E-state index is 10.8. The Morgan fingerprint density at radius 2 is 2.23 bits per heavy atom. The molecule has 122 valence electrons. The first kappa shape index (κ1) is 15.1. The molecule has 0 amide bonds. The van der Waals surface area contributed by atoms with Gasteiger partial charge in [0.25, 0.3) is 0 Å². The number of aliphatic hydroxyl groups is 1. The van der Waals surface area contributed by atoms with E-state index in [0.29, 0.717) is 5.92 Å². The average molecular weight is 321 g/mol. The smallest absolute Gasteiger partial charge is 0.107 e. The van der Waals surface area contributed by atoms with Crippen LogP contribution in [-0.2, 0) is 19.4 Å².